The van der Waals surface area contributed by atoms with Gasteiger partial charge in [-0.3, -0.25) is 10.1 Å². The molecule has 140 valence electrons. The lowest BCUT2D eigenvalue weighted by Gasteiger charge is -2.12. The second-order valence-electron chi connectivity index (χ2n) is 6.29. The second kappa shape index (κ2) is 7.79. The molecule has 7 nitrogen and oxygen atoms in total. The Hall–Kier alpha value is -3.23. The number of aromatic amines is 1. The Kier molecular flexibility index (Phi) is 5.05. The molecule has 0 spiro atoms. The van der Waals surface area contributed by atoms with E-state index in [9.17, 15) is 5.11 Å². The highest BCUT2D eigenvalue weighted by atomic mass is 32.1. The van der Waals surface area contributed by atoms with Crippen LogP contribution in [0.4, 0.5) is 0 Å². The van der Waals surface area contributed by atoms with Crippen molar-refractivity contribution < 1.29 is 5.11 Å². The van der Waals surface area contributed by atoms with Gasteiger partial charge in [0.1, 0.15) is 11.3 Å². The molecule has 3 N–H and O–H groups in total. The smallest absolute Gasteiger partial charge is 0.167 e. The molecule has 1 atom stereocenters. The van der Waals surface area contributed by atoms with Crippen LogP contribution in [0.5, 0.6) is 0 Å². The molecule has 0 bridgehead atoms. The lowest BCUT2D eigenvalue weighted by Crippen LogP contribution is -2.11. The van der Waals surface area contributed by atoms with Crippen molar-refractivity contribution in [1.29, 1.82) is 5.41 Å². The van der Waals surface area contributed by atoms with E-state index in [1.165, 1.54) is 17.7 Å². The molecule has 1 aromatic carbocycles. The number of aromatic nitrogens is 5. The SMILES string of the molecule is CC(=N)C(c1ccccn1)c1nc(-c2ccc(CO)cc2)c(-c2ncn[nH]2)s1. The van der Waals surface area contributed by atoms with E-state index in [-0.39, 0.29) is 12.5 Å². The van der Waals surface area contributed by atoms with Crippen molar-refractivity contribution in [3.05, 3.63) is 71.3 Å². The molecule has 4 aromatic rings. The predicted octanol–water partition coefficient (Wildman–Crippen LogP) is 3.65. The van der Waals surface area contributed by atoms with E-state index in [4.69, 9.17) is 10.4 Å². The molecule has 0 aliphatic rings. The van der Waals surface area contributed by atoms with Gasteiger partial charge in [0.15, 0.2) is 5.82 Å². The molecule has 0 radical (unpaired) electrons. The van der Waals surface area contributed by atoms with Gasteiger partial charge < -0.3 is 10.5 Å². The molecule has 1 unspecified atom stereocenters. The van der Waals surface area contributed by atoms with Crippen LogP contribution >= 0.6 is 11.3 Å². The van der Waals surface area contributed by atoms with Crippen LogP contribution in [-0.2, 0) is 6.61 Å². The molecule has 0 fully saturated rings. The van der Waals surface area contributed by atoms with Gasteiger partial charge in [-0.2, -0.15) is 5.10 Å². The molecule has 0 saturated heterocycles. The van der Waals surface area contributed by atoms with Gasteiger partial charge in [0.2, 0.25) is 0 Å². The summed E-state index contributed by atoms with van der Waals surface area (Å²) in [6.45, 7) is 1.76. The molecule has 0 aliphatic carbocycles. The van der Waals surface area contributed by atoms with Gasteiger partial charge in [-0.15, -0.1) is 11.3 Å². The Morgan fingerprint density at radius 3 is 2.61 bits per heavy atom. The first-order valence-corrected chi connectivity index (χ1v) is 9.51. The number of pyridine rings is 1. The molecule has 28 heavy (non-hydrogen) atoms. The number of nitrogens with one attached hydrogen (secondary N) is 2. The molecular weight excluding hydrogens is 372 g/mol. The fourth-order valence-electron chi connectivity index (χ4n) is 2.98. The molecular formula is C20H18N6OS. The maximum Gasteiger partial charge on any atom is 0.167 e. The lowest BCUT2D eigenvalue weighted by molar-refractivity contribution is 0.282. The Bertz CT molecular complexity index is 1070. The first-order chi connectivity index (χ1) is 13.7. The normalized spacial score (nSPS) is 12.1. The zero-order chi connectivity index (χ0) is 19.5. The van der Waals surface area contributed by atoms with Crippen molar-refractivity contribution in [1.82, 2.24) is 25.1 Å². The summed E-state index contributed by atoms with van der Waals surface area (Å²) in [5.41, 5.74) is 3.77. The van der Waals surface area contributed by atoms with Crippen molar-refractivity contribution in [2.75, 3.05) is 0 Å². The highest BCUT2D eigenvalue weighted by molar-refractivity contribution is 7.15. The van der Waals surface area contributed by atoms with Crippen molar-refractivity contribution in [2.45, 2.75) is 19.4 Å². The number of aliphatic hydroxyl groups is 1. The monoisotopic (exact) mass is 390 g/mol. The Labute approximate surface area is 165 Å². The predicted molar refractivity (Wildman–Crippen MR) is 108 cm³/mol. The van der Waals surface area contributed by atoms with Crippen LogP contribution in [0.3, 0.4) is 0 Å². The summed E-state index contributed by atoms with van der Waals surface area (Å²) in [7, 11) is 0. The van der Waals surface area contributed by atoms with Gasteiger partial charge in [-0.1, -0.05) is 30.3 Å². The molecule has 4 rings (SSSR count). The van der Waals surface area contributed by atoms with Gasteiger partial charge in [0.25, 0.3) is 0 Å². The fraction of sp³-hybridized carbons (Fsp3) is 0.150. The van der Waals surface area contributed by atoms with E-state index in [1.807, 2.05) is 42.5 Å². The lowest BCUT2D eigenvalue weighted by atomic mass is 10.0. The van der Waals surface area contributed by atoms with Gasteiger partial charge in [-0.25, -0.2) is 9.97 Å². The van der Waals surface area contributed by atoms with Crippen LogP contribution in [0.15, 0.2) is 55.0 Å². The summed E-state index contributed by atoms with van der Waals surface area (Å²) in [6, 6.07) is 13.3. The zero-order valence-corrected chi connectivity index (χ0v) is 15.9. The van der Waals surface area contributed by atoms with Crippen molar-refractivity contribution in [2.24, 2.45) is 0 Å². The third-order valence-electron chi connectivity index (χ3n) is 4.35. The topological polar surface area (TPSA) is 111 Å². The van der Waals surface area contributed by atoms with Crippen LogP contribution in [-0.4, -0.2) is 36.0 Å². The van der Waals surface area contributed by atoms with Gasteiger partial charge in [0, 0.05) is 17.5 Å². The molecule has 3 heterocycles. The van der Waals surface area contributed by atoms with E-state index in [0.29, 0.717) is 11.5 Å². The summed E-state index contributed by atoms with van der Waals surface area (Å²) in [4.78, 5) is 14.5. The quantitative estimate of drug-likeness (QED) is 0.435. The third-order valence-corrected chi connectivity index (χ3v) is 5.47. The summed E-state index contributed by atoms with van der Waals surface area (Å²) >= 11 is 1.48. The standard InChI is InChI=1S/C20H18N6OS/c1-12(21)16(15-4-2-3-9-22-15)20-25-17(14-7-5-13(10-27)6-8-14)18(28-20)19-23-11-24-26-19/h2-9,11,16,21,27H,10H2,1H3,(H,23,24,26). The summed E-state index contributed by atoms with van der Waals surface area (Å²) in [6.07, 6.45) is 3.19. The van der Waals surface area contributed by atoms with Crippen molar-refractivity contribution >= 4 is 17.0 Å². The van der Waals surface area contributed by atoms with Crippen LogP contribution in [0.1, 0.15) is 29.1 Å². The third kappa shape index (κ3) is 3.47. The highest BCUT2D eigenvalue weighted by Gasteiger charge is 2.25. The first kappa shape index (κ1) is 18.1. The highest BCUT2D eigenvalue weighted by Crippen LogP contribution is 2.39. The Balaban J connectivity index is 1.86. The molecule has 0 aliphatic heterocycles. The average Bonchev–Trinajstić information content (AvgIpc) is 3.39. The van der Waals surface area contributed by atoms with Crippen molar-refractivity contribution in [3.63, 3.8) is 0 Å². The largest absolute Gasteiger partial charge is 0.392 e. The zero-order valence-electron chi connectivity index (χ0n) is 15.1. The number of rotatable bonds is 6. The fourth-order valence-corrected chi connectivity index (χ4v) is 4.20. The maximum atomic E-state index is 9.30. The van der Waals surface area contributed by atoms with E-state index < -0.39 is 0 Å². The van der Waals surface area contributed by atoms with Crippen LogP contribution in [0.2, 0.25) is 0 Å². The number of H-pyrrole nitrogens is 1. The van der Waals surface area contributed by atoms with Gasteiger partial charge >= 0.3 is 0 Å². The van der Waals surface area contributed by atoms with Crippen LogP contribution in [0, 0.1) is 5.41 Å². The van der Waals surface area contributed by atoms with Crippen LogP contribution in [0.25, 0.3) is 22.0 Å². The van der Waals surface area contributed by atoms with E-state index >= 15 is 0 Å². The number of thiazole rings is 1. The van der Waals surface area contributed by atoms with Crippen molar-refractivity contribution in [3.8, 4) is 22.0 Å². The van der Waals surface area contributed by atoms with E-state index in [1.54, 1.807) is 13.1 Å². The van der Waals surface area contributed by atoms with E-state index in [2.05, 4.69) is 20.2 Å². The molecule has 3 aromatic heterocycles. The summed E-state index contributed by atoms with van der Waals surface area (Å²) < 4.78 is 0. The number of nitrogens with zero attached hydrogens (tertiary/aromatic N) is 4. The average molecular weight is 390 g/mol. The minimum atomic E-state index is -0.321. The Morgan fingerprint density at radius 2 is 2.00 bits per heavy atom. The van der Waals surface area contributed by atoms with Gasteiger partial charge in [0.05, 0.1) is 28.8 Å². The molecule has 0 amide bonds. The van der Waals surface area contributed by atoms with Crippen LogP contribution < -0.4 is 0 Å². The molecule has 8 heteroatoms. The summed E-state index contributed by atoms with van der Waals surface area (Å²) in [5, 5.41) is 25.2. The first-order valence-electron chi connectivity index (χ1n) is 8.70. The summed E-state index contributed by atoms with van der Waals surface area (Å²) in [5.74, 6) is 0.311. The number of hydrogen-bond donors (Lipinski definition) is 3. The number of benzene rings is 1. The maximum absolute atomic E-state index is 9.30. The van der Waals surface area contributed by atoms with Gasteiger partial charge in [-0.05, 0) is 24.6 Å². The minimum Gasteiger partial charge on any atom is -0.392 e. The molecule has 0 saturated carbocycles. The minimum absolute atomic E-state index is 0.00763. The second-order valence-corrected chi connectivity index (χ2v) is 7.32. The number of hydrogen-bond acceptors (Lipinski definition) is 7. The number of aliphatic hydroxyl groups excluding tert-OH is 1. The Morgan fingerprint density at radius 1 is 1.18 bits per heavy atom. The van der Waals surface area contributed by atoms with E-state index in [0.717, 1.165) is 32.4 Å².